The zero-order chi connectivity index (χ0) is 13.7. The second-order valence-corrected chi connectivity index (χ2v) is 5.23. The Morgan fingerprint density at radius 2 is 1.68 bits per heavy atom. The fraction of sp³-hybridized carbons (Fsp3) is 0.250. The van der Waals surface area contributed by atoms with Gasteiger partial charge in [0.15, 0.2) is 0 Å². The van der Waals surface area contributed by atoms with Crippen molar-refractivity contribution in [1.29, 1.82) is 0 Å². The zero-order valence-corrected chi connectivity index (χ0v) is 12.3. The normalized spacial score (nSPS) is 10.3. The molecule has 2 aromatic carbocycles. The van der Waals surface area contributed by atoms with Crippen LogP contribution >= 0.6 is 11.8 Å². The number of rotatable bonds is 5. The van der Waals surface area contributed by atoms with Crippen molar-refractivity contribution in [2.45, 2.75) is 23.1 Å². The molecule has 2 aromatic rings. The maximum atomic E-state index is 5.46. The standard InChI is InChI=1S/C16H18O2S/c1-4-12-5-10-16(15(11-12)18-3)19-14-8-6-13(17-2)7-9-14/h5-11H,4H2,1-3H3. The number of ether oxygens (including phenoxy) is 2. The van der Waals surface area contributed by atoms with Crippen molar-refractivity contribution in [3.63, 3.8) is 0 Å². The summed E-state index contributed by atoms with van der Waals surface area (Å²) in [6.45, 7) is 2.14. The molecule has 0 aliphatic carbocycles. The van der Waals surface area contributed by atoms with E-state index in [1.165, 1.54) is 10.5 Å². The molecule has 100 valence electrons. The van der Waals surface area contributed by atoms with E-state index in [2.05, 4.69) is 37.3 Å². The van der Waals surface area contributed by atoms with Gasteiger partial charge in [0.1, 0.15) is 11.5 Å². The van der Waals surface area contributed by atoms with Gasteiger partial charge in [0.05, 0.1) is 19.1 Å². The van der Waals surface area contributed by atoms with Crippen molar-refractivity contribution in [2.24, 2.45) is 0 Å². The van der Waals surface area contributed by atoms with E-state index in [1.54, 1.807) is 26.0 Å². The summed E-state index contributed by atoms with van der Waals surface area (Å²) in [6.07, 6.45) is 1.02. The molecule has 0 aliphatic heterocycles. The van der Waals surface area contributed by atoms with Gasteiger partial charge in [-0.2, -0.15) is 0 Å². The highest BCUT2D eigenvalue weighted by Crippen LogP contribution is 2.36. The molecule has 0 saturated heterocycles. The Labute approximate surface area is 118 Å². The number of methoxy groups -OCH3 is 2. The van der Waals surface area contributed by atoms with Crippen LogP contribution in [-0.2, 0) is 6.42 Å². The van der Waals surface area contributed by atoms with Gasteiger partial charge in [-0.1, -0.05) is 24.8 Å². The first kappa shape index (κ1) is 13.8. The number of hydrogen-bond acceptors (Lipinski definition) is 3. The first-order valence-electron chi connectivity index (χ1n) is 6.25. The fourth-order valence-electron chi connectivity index (χ4n) is 1.79. The van der Waals surface area contributed by atoms with E-state index in [9.17, 15) is 0 Å². The third kappa shape index (κ3) is 3.44. The van der Waals surface area contributed by atoms with Gasteiger partial charge < -0.3 is 9.47 Å². The molecule has 0 radical (unpaired) electrons. The molecule has 2 rings (SSSR count). The van der Waals surface area contributed by atoms with Crippen LogP contribution < -0.4 is 9.47 Å². The molecular formula is C16H18O2S. The lowest BCUT2D eigenvalue weighted by molar-refractivity contribution is 0.404. The van der Waals surface area contributed by atoms with Crippen LogP contribution in [0.15, 0.2) is 52.3 Å². The molecule has 0 amide bonds. The van der Waals surface area contributed by atoms with Gasteiger partial charge in [-0.15, -0.1) is 0 Å². The van der Waals surface area contributed by atoms with Crippen LogP contribution in [-0.4, -0.2) is 14.2 Å². The Bertz CT molecular complexity index is 535. The predicted octanol–water partition coefficient (Wildman–Crippen LogP) is 4.42. The molecule has 0 fully saturated rings. The maximum absolute atomic E-state index is 5.46. The van der Waals surface area contributed by atoms with Crippen LogP contribution in [0, 0.1) is 0 Å². The summed E-state index contributed by atoms with van der Waals surface area (Å²) in [5, 5.41) is 0. The highest BCUT2D eigenvalue weighted by Gasteiger charge is 2.06. The van der Waals surface area contributed by atoms with Crippen molar-refractivity contribution in [2.75, 3.05) is 14.2 Å². The molecule has 0 saturated carbocycles. The molecule has 0 aromatic heterocycles. The van der Waals surface area contributed by atoms with Gasteiger partial charge in [0.2, 0.25) is 0 Å². The van der Waals surface area contributed by atoms with Gasteiger partial charge >= 0.3 is 0 Å². The number of aryl methyl sites for hydroxylation is 1. The van der Waals surface area contributed by atoms with Gasteiger partial charge in [0, 0.05) is 4.90 Å². The van der Waals surface area contributed by atoms with Crippen molar-refractivity contribution in [1.82, 2.24) is 0 Å². The Morgan fingerprint density at radius 1 is 0.947 bits per heavy atom. The summed E-state index contributed by atoms with van der Waals surface area (Å²) in [5.41, 5.74) is 1.29. The fourth-order valence-corrected chi connectivity index (χ4v) is 2.69. The monoisotopic (exact) mass is 274 g/mol. The molecule has 0 heterocycles. The van der Waals surface area contributed by atoms with Crippen LogP contribution in [0.1, 0.15) is 12.5 Å². The van der Waals surface area contributed by atoms with Crippen LogP contribution in [0.4, 0.5) is 0 Å². The molecular weight excluding hydrogens is 256 g/mol. The van der Waals surface area contributed by atoms with Crippen molar-refractivity contribution >= 4 is 11.8 Å². The van der Waals surface area contributed by atoms with Crippen LogP contribution in [0.3, 0.4) is 0 Å². The molecule has 19 heavy (non-hydrogen) atoms. The molecule has 0 N–H and O–H groups in total. The van der Waals surface area contributed by atoms with E-state index in [0.29, 0.717) is 0 Å². The van der Waals surface area contributed by atoms with Gasteiger partial charge in [-0.25, -0.2) is 0 Å². The SMILES string of the molecule is CCc1ccc(Sc2ccc(OC)cc2)c(OC)c1. The second kappa shape index (κ2) is 6.53. The lowest BCUT2D eigenvalue weighted by atomic mass is 10.2. The van der Waals surface area contributed by atoms with E-state index in [0.717, 1.165) is 22.8 Å². The summed E-state index contributed by atoms with van der Waals surface area (Å²) >= 11 is 1.70. The average Bonchev–Trinajstić information content (AvgIpc) is 2.48. The zero-order valence-electron chi connectivity index (χ0n) is 11.5. The topological polar surface area (TPSA) is 18.5 Å². The molecule has 0 unspecified atom stereocenters. The lowest BCUT2D eigenvalue weighted by Crippen LogP contribution is -1.89. The van der Waals surface area contributed by atoms with E-state index >= 15 is 0 Å². The Kier molecular flexibility index (Phi) is 4.74. The first-order valence-corrected chi connectivity index (χ1v) is 7.07. The highest BCUT2D eigenvalue weighted by molar-refractivity contribution is 7.99. The molecule has 0 aliphatic rings. The third-order valence-corrected chi connectivity index (χ3v) is 3.99. The average molecular weight is 274 g/mol. The van der Waals surface area contributed by atoms with E-state index < -0.39 is 0 Å². The summed E-state index contributed by atoms with van der Waals surface area (Å²) in [7, 11) is 3.39. The largest absolute Gasteiger partial charge is 0.497 e. The Balaban J connectivity index is 2.21. The predicted molar refractivity (Wildman–Crippen MR) is 79.5 cm³/mol. The molecule has 0 atom stereocenters. The molecule has 0 bridgehead atoms. The Morgan fingerprint density at radius 3 is 2.26 bits per heavy atom. The lowest BCUT2D eigenvalue weighted by Gasteiger charge is -2.10. The molecule has 2 nitrogen and oxygen atoms in total. The summed E-state index contributed by atoms with van der Waals surface area (Å²) in [4.78, 5) is 2.30. The summed E-state index contributed by atoms with van der Waals surface area (Å²) < 4.78 is 10.6. The van der Waals surface area contributed by atoms with Crippen LogP contribution in [0.25, 0.3) is 0 Å². The van der Waals surface area contributed by atoms with Crippen molar-refractivity contribution < 1.29 is 9.47 Å². The maximum Gasteiger partial charge on any atom is 0.133 e. The van der Waals surface area contributed by atoms with E-state index in [4.69, 9.17) is 9.47 Å². The van der Waals surface area contributed by atoms with Gasteiger partial charge in [-0.05, 0) is 48.4 Å². The van der Waals surface area contributed by atoms with Crippen LogP contribution in [0.5, 0.6) is 11.5 Å². The van der Waals surface area contributed by atoms with Crippen molar-refractivity contribution in [3.05, 3.63) is 48.0 Å². The van der Waals surface area contributed by atoms with Crippen molar-refractivity contribution in [3.8, 4) is 11.5 Å². The smallest absolute Gasteiger partial charge is 0.133 e. The Hall–Kier alpha value is -1.61. The van der Waals surface area contributed by atoms with Gasteiger partial charge in [0.25, 0.3) is 0 Å². The van der Waals surface area contributed by atoms with E-state index in [1.807, 2.05) is 12.1 Å². The number of benzene rings is 2. The molecule has 0 spiro atoms. The van der Waals surface area contributed by atoms with Crippen LogP contribution in [0.2, 0.25) is 0 Å². The second-order valence-electron chi connectivity index (χ2n) is 4.12. The molecule has 3 heteroatoms. The minimum Gasteiger partial charge on any atom is -0.497 e. The quantitative estimate of drug-likeness (QED) is 0.804. The highest BCUT2D eigenvalue weighted by atomic mass is 32.2. The third-order valence-electron chi connectivity index (χ3n) is 2.92. The first-order chi connectivity index (χ1) is 9.26. The van der Waals surface area contributed by atoms with Gasteiger partial charge in [-0.3, -0.25) is 0 Å². The minimum atomic E-state index is 0.873. The summed E-state index contributed by atoms with van der Waals surface area (Å²) in [5.74, 6) is 1.80. The summed E-state index contributed by atoms with van der Waals surface area (Å²) in [6, 6.07) is 14.4. The minimum absolute atomic E-state index is 0.873. The number of hydrogen-bond donors (Lipinski definition) is 0. The van der Waals surface area contributed by atoms with E-state index in [-0.39, 0.29) is 0 Å².